The molecule has 3 aromatic rings. The Morgan fingerprint density at radius 3 is 2.63 bits per heavy atom. The van der Waals surface area contributed by atoms with Crippen LogP contribution in [0.5, 0.6) is 5.75 Å². The van der Waals surface area contributed by atoms with Gasteiger partial charge in [0.2, 0.25) is 0 Å². The molecule has 1 saturated heterocycles. The zero-order valence-electron chi connectivity index (χ0n) is 19.1. The van der Waals surface area contributed by atoms with E-state index in [1.165, 1.54) is 4.90 Å². The minimum absolute atomic E-state index is 0.0354. The highest BCUT2D eigenvalue weighted by atomic mass is 19.2. The molecule has 1 aromatic heterocycles. The number of morpholine rings is 1. The van der Waals surface area contributed by atoms with Gasteiger partial charge in [0.15, 0.2) is 17.5 Å². The molecule has 0 aliphatic carbocycles. The standard InChI is InChI=1S/C26H22F3N3O3/c1-15-11-31(14-30-15)22-6-3-16(8-24(22)34-2)7-17-4-5-19-12-35-13-23(32(19)26(17)33)18-9-20(27)25(29)21(28)10-18/h3,5-11,14,23H,4,12-13H2,1-2H3. The summed E-state index contributed by atoms with van der Waals surface area (Å²) in [5, 5.41) is 0. The minimum atomic E-state index is -1.55. The summed E-state index contributed by atoms with van der Waals surface area (Å²) in [6.45, 7) is 2.13. The van der Waals surface area contributed by atoms with E-state index in [1.54, 1.807) is 19.5 Å². The number of hydrogen-bond acceptors (Lipinski definition) is 4. The number of aryl methyl sites for hydroxylation is 1. The molecule has 5 rings (SSSR count). The van der Waals surface area contributed by atoms with Crippen LogP contribution >= 0.6 is 0 Å². The number of methoxy groups -OCH3 is 1. The van der Waals surface area contributed by atoms with Gasteiger partial charge in [0.1, 0.15) is 5.75 Å². The largest absolute Gasteiger partial charge is 0.495 e. The summed E-state index contributed by atoms with van der Waals surface area (Å²) in [6.07, 6.45) is 7.57. The fourth-order valence-electron chi connectivity index (χ4n) is 4.40. The van der Waals surface area contributed by atoms with E-state index >= 15 is 0 Å². The minimum Gasteiger partial charge on any atom is -0.495 e. The van der Waals surface area contributed by atoms with Crippen LogP contribution < -0.4 is 4.74 Å². The molecule has 0 N–H and O–H groups in total. The molecule has 2 aliphatic rings. The summed E-state index contributed by atoms with van der Waals surface area (Å²) < 4.78 is 54.3. The monoisotopic (exact) mass is 481 g/mol. The Kier molecular flexibility index (Phi) is 5.94. The van der Waals surface area contributed by atoms with Crippen molar-refractivity contribution in [2.75, 3.05) is 20.3 Å². The molecule has 6 nitrogen and oxygen atoms in total. The Morgan fingerprint density at radius 1 is 1.17 bits per heavy atom. The lowest BCUT2D eigenvalue weighted by Crippen LogP contribution is -2.44. The molecule has 9 heteroatoms. The van der Waals surface area contributed by atoms with Crippen LogP contribution in [0.25, 0.3) is 11.8 Å². The lowest BCUT2D eigenvalue weighted by molar-refractivity contribution is -0.132. The first-order valence-electron chi connectivity index (χ1n) is 11.0. The van der Waals surface area contributed by atoms with Crippen molar-refractivity contribution in [3.8, 4) is 11.4 Å². The van der Waals surface area contributed by atoms with Gasteiger partial charge in [-0.05, 0) is 54.8 Å². The Morgan fingerprint density at radius 2 is 1.94 bits per heavy atom. The van der Waals surface area contributed by atoms with E-state index < -0.39 is 23.5 Å². The van der Waals surface area contributed by atoms with Crippen LogP contribution in [0.1, 0.15) is 29.3 Å². The van der Waals surface area contributed by atoms with Crippen LogP contribution in [-0.2, 0) is 9.53 Å². The van der Waals surface area contributed by atoms with Gasteiger partial charge in [-0.25, -0.2) is 18.2 Å². The first kappa shape index (κ1) is 22.9. The van der Waals surface area contributed by atoms with Crippen molar-refractivity contribution in [2.45, 2.75) is 19.4 Å². The van der Waals surface area contributed by atoms with E-state index in [9.17, 15) is 18.0 Å². The van der Waals surface area contributed by atoms with Crippen LogP contribution in [-0.4, -0.2) is 40.7 Å². The number of aromatic nitrogens is 2. The number of hydrogen-bond donors (Lipinski definition) is 0. The highest BCUT2D eigenvalue weighted by molar-refractivity contribution is 6.00. The molecule has 1 unspecified atom stereocenters. The highest BCUT2D eigenvalue weighted by Gasteiger charge is 2.36. The average molecular weight is 481 g/mol. The quantitative estimate of drug-likeness (QED) is 0.394. The molecular weight excluding hydrogens is 459 g/mol. The zero-order valence-corrected chi connectivity index (χ0v) is 19.1. The van der Waals surface area contributed by atoms with Gasteiger partial charge in [0, 0.05) is 17.5 Å². The number of imidazole rings is 1. The molecule has 1 amide bonds. The number of fused-ring (bicyclic) bond motifs is 1. The van der Waals surface area contributed by atoms with Crippen molar-refractivity contribution in [2.24, 2.45) is 0 Å². The lowest BCUT2D eigenvalue weighted by atomic mass is 9.96. The van der Waals surface area contributed by atoms with E-state index in [0.29, 0.717) is 23.4 Å². The van der Waals surface area contributed by atoms with Gasteiger partial charge in [0.25, 0.3) is 5.91 Å². The number of halogens is 3. The van der Waals surface area contributed by atoms with Gasteiger partial charge in [-0.3, -0.25) is 4.79 Å². The predicted octanol–water partition coefficient (Wildman–Crippen LogP) is 4.88. The van der Waals surface area contributed by atoms with Crippen LogP contribution in [0.2, 0.25) is 0 Å². The van der Waals surface area contributed by atoms with Crippen molar-refractivity contribution in [1.82, 2.24) is 14.5 Å². The van der Waals surface area contributed by atoms with Crippen LogP contribution in [0, 0.1) is 24.4 Å². The van der Waals surface area contributed by atoms with Gasteiger partial charge in [-0.15, -0.1) is 0 Å². The molecule has 35 heavy (non-hydrogen) atoms. The lowest BCUT2D eigenvalue weighted by Gasteiger charge is -2.40. The molecule has 180 valence electrons. The van der Waals surface area contributed by atoms with Gasteiger partial charge in [0.05, 0.1) is 44.1 Å². The normalized spacial score (nSPS) is 19.1. The fourth-order valence-corrected chi connectivity index (χ4v) is 4.40. The Balaban J connectivity index is 1.48. The predicted molar refractivity (Wildman–Crippen MR) is 122 cm³/mol. The summed E-state index contributed by atoms with van der Waals surface area (Å²) >= 11 is 0. The maximum absolute atomic E-state index is 13.9. The van der Waals surface area contributed by atoms with Gasteiger partial charge >= 0.3 is 0 Å². The Bertz CT molecular complexity index is 1360. The smallest absolute Gasteiger partial charge is 0.255 e. The molecule has 2 aromatic carbocycles. The summed E-state index contributed by atoms with van der Waals surface area (Å²) in [4.78, 5) is 19.2. The Hall–Kier alpha value is -3.85. The highest BCUT2D eigenvalue weighted by Crippen LogP contribution is 2.36. The molecule has 2 aliphatic heterocycles. The number of ether oxygens (including phenoxy) is 2. The fraction of sp³-hybridized carbons (Fsp3) is 0.231. The number of carbonyl (C=O) groups is 1. The van der Waals surface area contributed by atoms with Crippen LogP contribution in [0.3, 0.4) is 0 Å². The van der Waals surface area contributed by atoms with Crippen molar-refractivity contribution < 1.29 is 27.4 Å². The molecule has 0 radical (unpaired) electrons. The first-order chi connectivity index (χ1) is 16.9. The molecule has 0 spiro atoms. The third kappa shape index (κ3) is 4.23. The maximum atomic E-state index is 13.9. The molecular formula is C26H22F3N3O3. The summed E-state index contributed by atoms with van der Waals surface area (Å²) in [5.74, 6) is -3.85. The number of allylic oxidation sites excluding steroid dienone is 1. The maximum Gasteiger partial charge on any atom is 0.255 e. The van der Waals surface area contributed by atoms with E-state index in [4.69, 9.17) is 9.47 Å². The van der Waals surface area contributed by atoms with Gasteiger partial charge in [-0.2, -0.15) is 0 Å². The average Bonchev–Trinajstić information content (AvgIpc) is 3.29. The van der Waals surface area contributed by atoms with Gasteiger partial charge in [-0.1, -0.05) is 12.1 Å². The SMILES string of the molecule is COc1cc(C=C2CC=C3COCC(c4cc(F)c(F)c(F)c4)N3C2=O)ccc1-n1cnc(C)c1. The van der Waals surface area contributed by atoms with E-state index in [2.05, 4.69) is 4.98 Å². The summed E-state index contributed by atoms with van der Waals surface area (Å²) in [6, 6.07) is 6.60. The Labute approximate surface area is 199 Å². The van der Waals surface area contributed by atoms with E-state index in [1.807, 2.05) is 42.0 Å². The summed E-state index contributed by atoms with van der Waals surface area (Å²) in [5.41, 5.74) is 3.67. The zero-order chi connectivity index (χ0) is 24.7. The van der Waals surface area contributed by atoms with E-state index in [-0.39, 0.29) is 24.7 Å². The first-order valence-corrected chi connectivity index (χ1v) is 11.0. The second-order valence-electron chi connectivity index (χ2n) is 8.43. The van der Waals surface area contributed by atoms with E-state index in [0.717, 1.165) is 29.1 Å². The van der Waals surface area contributed by atoms with Gasteiger partial charge < -0.3 is 18.9 Å². The number of carbonyl (C=O) groups excluding carboxylic acids is 1. The van der Waals surface area contributed by atoms with Crippen LogP contribution in [0.4, 0.5) is 13.2 Å². The molecule has 3 heterocycles. The van der Waals surface area contributed by atoms with Crippen molar-refractivity contribution in [1.29, 1.82) is 0 Å². The van der Waals surface area contributed by atoms with Crippen molar-refractivity contribution in [3.63, 3.8) is 0 Å². The number of rotatable bonds is 4. The third-order valence-electron chi connectivity index (χ3n) is 6.12. The van der Waals surface area contributed by atoms with Crippen molar-refractivity contribution >= 4 is 12.0 Å². The number of nitrogens with zero attached hydrogens (tertiary/aromatic N) is 3. The number of benzene rings is 2. The number of amides is 1. The molecule has 1 fully saturated rings. The second-order valence-corrected chi connectivity index (χ2v) is 8.43. The third-order valence-corrected chi connectivity index (χ3v) is 6.12. The molecule has 1 atom stereocenters. The molecule has 0 bridgehead atoms. The molecule has 0 saturated carbocycles. The topological polar surface area (TPSA) is 56.6 Å². The van der Waals surface area contributed by atoms with Crippen LogP contribution in [0.15, 0.2) is 60.2 Å². The summed E-state index contributed by atoms with van der Waals surface area (Å²) in [7, 11) is 1.57. The van der Waals surface area contributed by atoms with Crippen molar-refractivity contribution in [3.05, 3.63) is 94.5 Å². The second kappa shape index (κ2) is 9.07.